The zero-order chi connectivity index (χ0) is 28.0. The van der Waals surface area contributed by atoms with E-state index < -0.39 is 7.92 Å². The van der Waals surface area contributed by atoms with Gasteiger partial charge in [-0.3, -0.25) is 0 Å². The van der Waals surface area contributed by atoms with Crippen molar-refractivity contribution in [2.75, 3.05) is 6.66 Å². The van der Waals surface area contributed by atoms with Gasteiger partial charge >= 0.3 is 0 Å². The van der Waals surface area contributed by atoms with Crippen LogP contribution in [0.5, 0.6) is 0 Å². The first-order valence-corrected chi connectivity index (χ1v) is 16.2. The molecule has 0 aliphatic heterocycles. The van der Waals surface area contributed by atoms with E-state index in [1.807, 2.05) is 0 Å². The van der Waals surface area contributed by atoms with Crippen molar-refractivity contribution in [1.82, 2.24) is 4.98 Å². The maximum atomic E-state index is 5.36. The van der Waals surface area contributed by atoms with E-state index in [1.165, 1.54) is 65.2 Å². The molecule has 42 heavy (non-hydrogen) atoms. The number of benzene rings is 7. The molecule has 0 radical (unpaired) electrons. The molecule has 0 amide bonds. The summed E-state index contributed by atoms with van der Waals surface area (Å²) in [5.74, 6) is 0. The van der Waals surface area contributed by atoms with Gasteiger partial charge in [-0.15, -0.1) is 0 Å². The second-order valence-electron chi connectivity index (χ2n) is 10.9. The molecule has 0 saturated heterocycles. The molecule has 0 spiro atoms. The van der Waals surface area contributed by atoms with Crippen LogP contribution >= 0.6 is 7.92 Å². The molecule has 1 heterocycles. The minimum absolute atomic E-state index is 0.418. The molecule has 0 saturated carbocycles. The highest BCUT2D eigenvalue weighted by Crippen LogP contribution is 2.41. The number of fused-ring (bicyclic) bond motifs is 6. The van der Waals surface area contributed by atoms with Crippen LogP contribution in [0.15, 0.2) is 152 Å². The summed E-state index contributed by atoms with van der Waals surface area (Å²) in [4.78, 5) is 5.36. The predicted octanol–water partition coefficient (Wildman–Crippen LogP) is 10.1. The summed E-state index contributed by atoms with van der Waals surface area (Å²) in [6.45, 7) is 2.35. The first-order valence-electron chi connectivity index (χ1n) is 14.4. The number of hydrogen-bond acceptors (Lipinski definition) is 1. The minimum atomic E-state index is -0.418. The minimum Gasteiger partial charge on any atom is -0.246 e. The summed E-state index contributed by atoms with van der Waals surface area (Å²) in [7, 11) is -0.418. The number of aromatic nitrogens is 1. The number of rotatable bonds is 4. The third-order valence-electron chi connectivity index (χ3n) is 8.42. The lowest BCUT2D eigenvalue weighted by atomic mass is 9.91. The van der Waals surface area contributed by atoms with Gasteiger partial charge in [-0.05, 0) is 64.8 Å². The average Bonchev–Trinajstić information content (AvgIpc) is 3.07. The van der Waals surface area contributed by atoms with E-state index in [1.54, 1.807) is 0 Å². The zero-order valence-electron chi connectivity index (χ0n) is 23.3. The molecule has 0 fully saturated rings. The first kappa shape index (κ1) is 24.9. The smallest absolute Gasteiger partial charge is 0.0794 e. The normalized spacial score (nSPS) is 12.3. The molecule has 1 nitrogen and oxygen atoms in total. The monoisotopic (exact) mass is 553 g/mol. The van der Waals surface area contributed by atoms with Crippen molar-refractivity contribution >= 4 is 61.9 Å². The molecule has 8 aromatic rings. The lowest BCUT2D eigenvalue weighted by Crippen LogP contribution is -2.10. The molecule has 0 aliphatic rings. The van der Waals surface area contributed by atoms with Crippen LogP contribution < -0.4 is 10.6 Å². The van der Waals surface area contributed by atoms with Gasteiger partial charge in [0.25, 0.3) is 0 Å². The number of hydrogen-bond donors (Lipinski definition) is 0. The number of pyridine rings is 1. The van der Waals surface area contributed by atoms with E-state index in [9.17, 15) is 0 Å². The second-order valence-corrected chi connectivity index (χ2v) is 13.0. The van der Waals surface area contributed by atoms with Crippen LogP contribution in [0.1, 0.15) is 0 Å². The quantitative estimate of drug-likeness (QED) is 0.120. The van der Waals surface area contributed by atoms with Crippen molar-refractivity contribution < 1.29 is 0 Å². The summed E-state index contributed by atoms with van der Waals surface area (Å²) in [6, 6.07) is 55.1. The largest absolute Gasteiger partial charge is 0.246 e. The highest BCUT2D eigenvalue weighted by Gasteiger charge is 2.16. The van der Waals surface area contributed by atoms with Crippen molar-refractivity contribution in [1.29, 1.82) is 0 Å². The molecule has 7 aromatic carbocycles. The fraction of sp³-hybridized carbons (Fsp3) is 0.0250. The summed E-state index contributed by atoms with van der Waals surface area (Å²) >= 11 is 0. The Morgan fingerprint density at radius 3 is 1.60 bits per heavy atom. The average molecular weight is 554 g/mol. The van der Waals surface area contributed by atoms with Gasteiger partial charge in [-0.2, -0.15) is 0 Å². The van der Waals surface area contributed by atoms with Crippen molar-refractivity contribution in [2.24, 2.45) is 0 Å². The van der Waals surface area contributed by atoms with Crippen LogP contribution in [0, 0.1) is 0 Å². The van der Waals surface area contributed by atoms with E-state index in [0.717, 1.165) is 11.0 Å². The molecule has 2 heteroatoms. The molecule has 1 atom stereocenters. The highest BCUT2D eigenvalue weighted by atomic mass is 31.1. The van der Waals surface area contributed by atoms with E-state index in [4.69, 9.17) is 4.98 Å². The molecular weight excluding hydrogens is 525 g/mol. The summed E-state index contributed by atoms with van der Waals surface area (Å²) in [5, 5.41) is 9.95. The van der Waals surface area contributed by atoms with Gasteiger partial charge in [0, 0.05) is 27.1 Å². The standard InChI is InChI=1S/C40H28NP/c1-42(32-16-3-2-4-17-32)33-18-10-14-30(26-33)29-13-9-15-31(25-29)38-36-23-21-27-11-5-7-19-34(27)39(36)41-40-35-20-8-6-12-28(35)22-24-37(38)40/h2-26H,1H3. The predicted molar refractivity (Wildman–Crippen MR) is 184 cm³/mol. The first-order chi connectivity index (χ1) is 20.7. The summed E-state index contributed by atoms with van der Waals surface area (Å²) in [5.41, 5.74) is 7.04. The lowest BCUT2D eigenvalue weighted by Gasteiger charge is -2.16. The van der Waals surface area contributed by atoms with Crippen LogP contribution in [0.4, 0.5) is 0 Å². The summed E-state index contributed by atoms with van der Waals surface area (Å²) in [6.07, 6.45) is 0. The molecule has 198 valence electrons. The SMILES string of the molecule is CP(c1ccccc1)c1cccc(-c2cccc(-c3c4ccc5ccccc5c4nc4c3ccc3ccccc34)c2)c1. The Hall–Kier alpha value is -4.84. The topological polar surface area (TPSA) is 12.9 Å². The van der Waals surface area contributed by atoms with E-state index >= 15 is 0 Å². The van der Waals surface area contributed by atoms with Crippen molar-refractivity contribution in [3.63, 3.8) is 0 Å². The van der Waals surface area contributed by atoms with Gasteiger partial charge in [0.2, 0.25) is 0 Å². The Balaban J connectivity index is 1.36. The zero-order valence-corrected chi connectivity index (χ0v) is 24.2. The maximum Gasteiger partial charge on any atom is 0.0794 e. The number of nitrogens with zero attached hydrogens (tertiary/aromatic N) is 1. The van der Waals surface area contributed by atoms with Crippen molar-refractivity contribution in [3.05, 3.63) is 152 Å². The van der Waals surface area contributed by atoms with E-state index in [-0.39, 0.29) is 0 Å². The lowest BCUT2D eigenvalue weighted by molar-refractivity contribution is 1.53. The van der Waals surface area contributed by atoms with Crippen LogP contribution in [0.25, 0.3) is 65.6 Å². The van der Waals surface area contributed by atoms with E-state index in [2.05, 4.69) is 158 Å². The van der Waals surface area contributed by atoms with Crippen molar-refractivity contribution in [2.45, 2.75) is 0 Å². The van der Waals surface area contributed by atoms with E-state index in [0.29, 0.717) is 0 Å². The van der Waals surface area contributed by atoms with Gasteiger partial charge in [-0.1, -0.05) is 140 Å². The van der Waals surface area contributed by atoms with Crippen LogP contribution in [-0.2, 0) is 0 Å². The van der Waals surface area contributed by atoms with Crippen LogP contribution in [0.3, 0.4) is 0 Å². The Morgan fingerprint density at radius 2 is 0.929 bits per heavy atom. The molecule has 0 N–H and O–H groups in total. The van der Waals surface area contributed by atoms with Crippen LogP contribution in [-0.4, -0.2) is 11.6 Å². The summed E-state index contributed by atoms with van der Waals surface area (Å²) < 4.78 is 0. The van der Waals surface area contributed by atoms with Gasteiger partial charge in [0.05, 0.1) is 11.0 Å². The molecule has 1 unspecified atom stereocenters. The Morgan fingerprint density at radius 1 is 0.405 bits per heavy atom. The highest BCUT2D eigenvalue weighted by molar-refractivity contribution is 7.72. The van der Waals surface area contributed by atoms with Gasteiger partial charge in [0.15, 0.2) is 0 Å². The molecule has 0 aliphatic carbocycles. The Kier molecular flexibility index (Phi) is 6.06. The molecular formula is C40H28NP. The molecule has 0 bridgehead atoms. The van der Waals surface area contributed by atoms with Crippen LogP contribution in [0.2, 0.25) is 0 Å². The third-order valence-corrected chi connectivity index (χ3v) is 10.6. The van der Waals surface area contributed by atoms with Gasteiger partial charge < -0.3 is 0 Å². The third kappa shape index (κ3) is 4.17. The fourth-order valence-corrected chi connectivity index (χ4v) is 7.83. The fourth-order valence-electron chi connectivity index (χ4n) is 6.27. The maximum absolute atomic E-state index is 5.36. The Bertz CT molecular complexity index is 2180. The van der Waals surface area contributed by atoms with Gasteiger partial charge in [-0.25, -0.2) is 4.98 Å². The Labute approximate surface area is 246 Å². The second kappa shape index (κ2) is 10.2. The van der Waals surface area contributed by atoms with Crippen molar-refractivity contribution in [3.8, 4) is 22.3 Å². The van der Waals surface area contributed by atoms with Gasteiger partial charge in [0.1, 0.15) is 0 Å². The molecule has 8 rings (SSSR count). The molecule has 1 aromatic heterocycles.